The van der Waals surface area contributed by atoms with E-state index in [0.717, 1.165) is 6.07 Å². The number of hydrogen-bond donors (Lipinski definition) is 3. The van der Waals surface area contributed by atoms with Gasteiger partial charge in [-0.2, -0.15) is 0 Å². The highest BCUT2D eigenvalue weighted by molar-refractivity contribution is 7.89. The molecule has 2 aromatic carbocycles. The van der Waals surface area contributed by atoms with Gasteiger partial charge in [-0.1, -0.05) is 0 Å². The van der Waals surface area contributed by atoms with Gasteiger partial charge in [0.25, 0.3) is 0 Å². The quantitative estimate of drug-likeness (QED) is 0.754. The molecule has 5 nitrogen and oxygen atoms in total. The molecule has 8 heteroatoms. The lowest BCUT2D eigenvalue weighted by Gasteiger charge is -2.10. The zero-order valence-corrected chi connectivity index (χ0v) is 10.9. The van der Waals surface area contributed by atoms with E-state index in [1.807, 2.05) is 0 Å². The third kappa shape index (κ3) is 3.22. The van der Waals surface area contributed by atoms with Gasteiger partial charge in [0.1, 0.15) is 11.6 Å². The van der Waals surface area contributed by atoms with E-state index in [2.05, 4.69) is 5.32 Å². The van der Waals surface area contributed by atoms with Crippen LogP contribution in [0.4, 0.5) is 25.8 Å². The summed E-state index contributed by atoms with van der Waals surface area (Å²) in [7, 11) is -3.93. The van der Waals surface area contributed by atoms with Crippen LogP contribution in [0.15, 0.2) is 41.3 Å². The van der Waals surface area contributed by atoms with Crippen LogP contribution in [0.1, 0.15) is 0 Å². The first kappa shape index (κ1) is 14.2. The normalized spacial score (nSPS) is 11.3. The molecule has 5 N–H and O–H groups in total. The van der Waals surface area contributed by atoms with Gasteiger partial charge in [-0.25, -0.2) is 22.3 Å². The second-order valence-electron chi connectivity index (χ2n) is 4.08. The van der Waals surface area contributed by atoms with Gasteiger partial charge in [-0.3, -0.25) is 0 Å². The third-order valence-corrected chi connectivity index (χ3v) is 3.36. The van der Waals surface area contributed by atoms with Gasteiger partial charge in [0.15, 0.2) is 0 Å². The van der Waals surface area contributed by atoms with Crippen LogP contribution in [0.5, 0.6) is 0 Å². The molecule has 0 aliphatic heterocycles. The fourth-order valence-electron chi connectivity index (χ4n) is 1.60. The Balaban J connectivity index is 2.41. The first-order valence-electron chi connectivity index (χ1n) is 5.41. The van der Waals surface area contributed by atoms with Gasteiger partial charge < -0.3 is 11.1 Å². The topological polar surface area (TPSA) is 98.2 Å². The minimum atomic E-state index is -3.93. The van der Waals surface area contributed by atoms with Crippen molar-refractivity contribution in [3.05, 3.63) is 48.0 Å². The van der Waals surface area contributed by atoms with Crippen LogP contribution in [0, 0.1) is 11.6 Å². The maximum atomic E-state index is 13.5. The number of anilines is 3. The molecular weight excluding hydrogens is 288 g/mol. The van der Waals surface area contributed by atoms with Gasteiger partial charge in [-0.15, -0.1) is 0 Å². The Labute approximate surface area is 114 Å². The number of benzene rings is 2. The van der Waals surface area contributed by atoms with Crippen molar-refractivity contribution in [3.63, 3.8) is 0 Å². The van der Waals surface area contributed by atoms with Crippen LogP contribution in [0.2, 0.25) is 0 Å². The molecule has 20 heavy (non-hydrogen) atoms. The zero-order valence-electron chi connectivity index (χ0n) is 10.1. The van der Waals surface area contributed by atoms with Gasteiger partial charge in [-0.05, 0) is 30.3 Å². The van der Waals surface area contributed by atoms with Crippen molar-refractivity contribution in [2.45, 2.75) is 4.90 Å². The lowest BCUT2D eigenvalue weighted by atomic mass is 10.2. The summed E-state index contributed by atoms with van der Waals surface area (Å²) in [6.45, 7) is 0. The summed E-state index contributed by atoms with van der Waals surface area (Å²) in [4.78, 5) is -0.206. The molecule has 106 valence electrons. The van der Waals surface area contributed by atoms with Crippen molar-refractivity contribution < 1.29 is 17.2 Å². The average molecular weight is 299 g/mol. The highest BCUT2D eigenvalue weighted by Gasteiger charge is 2.11. The van der Waals surface area contributed by atoms with Gasteiger partial charge in [0, 0.05) is 17.4 Å². The largest absolute Gasteiger partial charge is 0.399 e. The fourth-order valence-corrected chi connectivity index (χ4v) is 2.20. The molecule has 0 bridgehead atoms. The summed E-state index contributed by atoms with van der Waals surface area (Å²) in [5.41, 5.74) is 5.90. The van der Waals surface area contributed by atoms with Crippen LogP contribution < -0.4 is 16.2 Å². The minimum absolute atomic E-state index is 0.0163. The zero-order chi connectivity index (χ0) is 14.9. The third-order valence-electron chi connectivity index (χ3n) is 2.47. The average Bonchev–Trinajstić information content (AvgIpc) is 2.31. The lowest BCUT2D eigenvalue weighted by molar-refractivity contribution is 0.586. The van der Waals surface area contributed by atoms with Crippen LogP contribution in [-0.2, 0) is 10.0 Å². The molecule has 0 radical (unpaired) electrons. The van der Waals surface area contributed by atoms with E-state index in [1.54, 1.807) is 0 Å². The number of hydrogen-bond acceptors (Lipinski definition) is 4. The summed E-state index contributed by atoms with van der Waals surface area (Å²) in [6, 6.07) is 6.74. The minimum Gasteiger partial charge on any atom is -0.399 e. The molecule has 0 saturated carbocycles. The van der Waals surface area contributed by atoms with E-state index >= 15 is 0 Å². The number of nitrogens with one attached hydrogen (secondary N) is 1. The molecule has 0 spiro atoms. The van der Waals surface area contributed by atoms with Crippen molar-refractivity contribution in [1.29, 1.82) is 0 Å². The highest BCUT2D eigenvalue weighted by atomic mass is 32.2. The molecule has 0 aliphatic rings. The molecule has 2 aromatic rings. The van der Waals surface area contributed by atoms with E-state index in [9.17, 15) is 17.2 Å². The Bertz CT molecular complexity index is 763. The second-order valence-corrected chi connectivity index (χ2v) is 5.65. The number of primary sulfonamides is 1. The molecule has 0 amide bonds. The maximum Gasteiger partial charge on any atom is 0.238 e. The molecule has 2 rings (SSSR count). The van der Waals surface area contributed by atoms with Crippen LogP contribution in [0.3, 0.4) is 0 Å². The Morgan fingerprint density at radius 3 is 2.35 bits per heavy atom. The van der Waals surface area contributed by atoms with E-state index in [0.29, 0.717) is 6.07 Å². The summed E-state index contributed by atoms with van der Waals surface area (Å²) in [6.07, 6.45) is 0. The molecular formula is C12H11F2N3O2S. The second kappa shape index (κ2) is 5.06. The van der Waals surface area contributed by atoms with Crippen LogP contribution in [0.25, 0.3) is 0 Å². The monoisotopic (exact) mass is 299 g/mol. The summed E-state index contributed by atoms with van der Waals surface area (Å²) in [5, 5.41) is 7.61. The standard InChI is InChI=1S/C12H11F2N3O2S/c13-7-1-2-12(11(14)3-7)17-9-4-8(15)5-10(6-9)20(16,18)19/h1-6,17H,15H2,(H2,16,18,19). The molecule has 0 saturated heterocycles. The van der Waals surface area contributed by atoms with Gasteiger partial charge in [0.2, 0.25) is 10.0 Å². The maximum absolute atomic E-state index is 13.5. The van der Waals surface area contributed by atoms with Crippen molar-refractivity contribution in [2.75, 3.05) is 11.1 Å². The Kier molecular flexibility index (Phi) is 3.60. The molecule has 0 fully saturated rings. The summed E-state index contributed by atoms with van der Waals surface area (Å²) in [5.74, 6) is -1.53. The molecule has 0 aromatic heterocycles. The fraction of sp³-hybridized carbons (Fsp3) is 0. The SMILES string of the molecule is Nc1cc(Nc2ccc(F)cc2F)cc(S(N)(=O)=O)c1. The van der Waals surface area contributed by atoms with Crippen molar-refractivity contribution in [3.8, 4) is 0 Å². The van der Waals surface area contributed by atoms with Crippen LogP contribution in [-0.4, -0.2) is 8.42 Å². The van der Waals surface area contributed by atoms with E-state index in [4.69, 9.17) is 10.9 Å². The summed E-state index contributed by atoms with van der Waals surface area (Å²) >= 11 is 0. The molecule has 0 unspecified atom stereocenters. The molecule has 0 aliphatic carbocycles. The van der Waals surface area contributed by atoms with Gasteiger partial charge in [0.05, 0.1) is 10.6 Å². The van der Waals surface area contributed by atoms with Crippen molar-refractivity contribution in [2.24, 2.45) is 5.14 Å². The predicted molar refractivity (Wildman–Crippen MR) is 71.9 cm³/mol. The van der Waals surface area contributed by atoms with E-state index in [1.165, 1.54) is 24.3 Å². The van der Waals surface area contributed by atoms with Gasteiger partial charge >= 0.3 is 0 Å². The number of halogens is 2. The van der Waals surface area contributed by atoms with E-state index < -0.39 is 21.7 Å². The lowest BCUT2D eigenvalue weighted by Crippen LogP contribution is -2.12. The molecule has 0 heterocycles. The first-order valence-corrected chi connectivity index (χ1v) is 6.96. The Hall–Kier alpha value is -2.19. The van der Waals surface area contributed by atoms with Crippen molar-refractivity contribution >= 4 is 27.1 Å². The first-order chi connectivity index (χ1) is 9.25. The van der Waals surface area contributed by atoms with Crippen molar-refractivity contribution in [1.82, 2.24) is 0 Å². The number of nitrogens with two attached hydrogens (primary N) is 2. The predicted octanol–water partition coefficient (Wildman–Crippen LogP) is 1.94. The molecule has 0 atom stereocenters. The Morgan fingerprint density at radius 1 is 1.05 bits per heavy atom. The Morgan fingerprint density at radius 2 is 1.75 bits per heavy atom. The smallest absolute Gasteiger partial charge is 0.238 e. The highest BCUT2D eigenvalue weighted by Crippen LogP contribution is 2.25. The summed E-state index contributed by atoms with van der Waals surface area (Å²) < 4.78 is 48.8. The van der Waals surface area contributed by atoms with E-state index in [-0.39, 0.29) is 22.0 Å². The van der Waals surface area contributed by atoms with Crippen LogP contribution >= 0.6 is 0 Å². The number of nitrogen functional groups attached to an aromatic ring is 1. The number of rotatable bonds is 3. The number of sulfonamides is 1.